The molecule has 0 unspecified atom stereocenters. The van der Waals surface area contributed by atoms with Crippen molar-refractivity contribution in [1.29, 1.82) is 0 Å². The SMILES string of the molecule is O=C(NS)c1ccc(C[n+]2c3ccccc3c(-c3c4ccccc4[n+](Cc4ccc(C(=O)NS)cc4CO)c4ccccc34)c3ccccc32)c(CO)c1. The number of rotatable bonds is 9. The molecule has 0 fully saturated rings. The molecule has 0 aliphatic heterocycles. The highest BCUT2D eigenvalue weighted by Crippen LogP contribution is 2.41. The van der Waals surface area contributed by atoms with Gasteiger partial charge in [0.2, 0.25) is 22.1 Å². The van der Waals surface area contributed by atoms with E-state index in [0.29, 0.717) is 35.3 Å². The number of aliphatic hydroxyl groups is 2. The summed E-state index contributed by atoms with van der Waals surface area (Å²) in [5.74, 6) is -0.665. The fourth-order valence-electron chi connectivity index (χ4n) is 7.72. The third-order valence-electron chi connectivity index (χ3n) is 10.2. The lowest BCUT2D eigenvalue weighted by Gasteiger charge is -2.17. The second-order valence-corrected chi connectivity index (χ2v) is 13.6. The van der Waals surface area contributed by atoms with Crippen LogP contribution in [0.4, 0.5) is 0 Å². The van der Waals surface area contributed by atoms with Gasteiger partial charge >= 0.3 is 0 Å². The van der Waals surface area contributed by atoms with Gasteiger partial charge in [0.15, 0.2) is 13.1 Å². The van der Waals surface area contributed by atoms with Crippen LogP contribution in [0.25, 0.3) is 54.7 Å². The van der Waals surface area contributed by atoms with E-state index in [4.69, 9.17) is 0 Å². The summed E-state index contributed by atoms with van der Waals surface area (Å²) in [5, 5.41) is 25.1. The monoisotopic (exact) mass is 748 g/mol. The molecule has 10 heteroatoms. The third-order valence-corrected chi connectivity index (χ3v) is 10.7. The second-order valence-electron chi connectivity index (χ2n) is 13.2. The summed E-state index contributed by atoms with van der Waals surface area (Å²) >= 11 is 7.84. The Labute approximate surface area is 322 Å². The van der Waals surface area contributed by atoms with Crippen molar-refractivity contribution >= 4 is 81.1 Å². The maximum absolute atomic E-state index is 12.3. The van der Waals surface area contributed by atoms with E-state index < -0.39 is 0 Å². The third kappa shape index (κ3) is 6.13. The molecule has 0 saturated carbocycles. The number of fused-ring (bicyclic) bond motifs is 4. The first kappa shape index (κ1) is 35.3. The van der Waals surface area contributed by atoms with Crippen molar-refractivity contribution in [2.24, 2.45) is 0 Å². The molecule has 2 aromatic heterocycles. The van der Waals surface area contributed by atoms with E-state index in [0.717, 1.165) is 65.9 Å². The van der Waals surface area contributed by atoms with E-state index in [9.17, 15) is 19.8 Å². The Balaban J connectivity index is 1.38. The number of nitrogens with zero attached hydrogens (tertiary/aromatic N) is 2. The zero-order valence-electron chi connectivity index (χ0n) is 29.0. The molecule has 0 saturated heterocycles. The zero-order chi connectivity index (χ0) is 37.3. The minimum absolute atomic E-state index is 0.214. The van der Waals surface area contributed by atoms with Crippen LogP contribution >= 0.6 is 25.6 Å². The summed E-state index contributed by atoms with van der Waals surface area (Å²) < 4.78 is 9.29. The van der Waals surface area contributed by atoms with Crippen LogP contribution in [-0.4, -0.2) is 22.0 Å². The highest BCUT2D eigenvalue weighted by Gasteiger charge is 2.28. The Hall–Kier alpha value is -5.78. The predicted octanol–water partition coefficient (Wildman–Crippen LogP) is 6.77. The number of benzene rings is 6. The van der Waals surface area contributed by atoms with Gasteiger partial charge < -0.3 is 10.2 Å². The van der Waals surface area contributed by atoms with Gasteiger partial charge in [0, 0.05) is 57.6 Å². The van der Waals surface area contributed by atoms with Crippen LogP contribution in [0.15, 0.2) is 133 Å². The minimum atomic E-state index is -0.332. The quantitative estimate of drug-likeness (QED) is 0.0557. The molecule has 0 bridgehead atoms. The highest BCUT2D eigenvalue weighted by molar-refractivity contribution is 7.79. The van der Waals surface area contributed by atoms with Gasteiger partial charge in [0.1, 0.15) is 0 Å². The molecule has 2 heterocycles. The molecule has 266 valence electrons. The van der Waals surface area contributed by atoms with Crippen molar-refractivity contribution in [3.05, 3.63) is 167 Å². The molecule has 0 aliphatic carbocycles. The Morgan fingerprint density at radius 2 is 0.778 bits per heavy atom. The second kappa shape index (κ2) is 14.9. The van der Waals surface area contributed by atoms with E-state index in [2.05, 4.69) is 117 Å². The van der Waals surface area contributed by atoms with E-state index in [1.54, 1.807) is 24.3 Å². The molecule has 2 amide bonds. The molecule has 0 radical (unpaired) electrons. The Morgan fingerprint density at radius 1 is 0.463 bits per heavy atom. The number of para-hydroxylation sites is 4. The van der Waals surface area contributed by atoms with Crippen LogP contribution in [0.3, 0.4) is 0 Å². The van der Waals surface area contributed by atoms with Crippen molar-refractivity contribution < 1.29 is 28.9 Å². The Kier molecular flexibility index (Phi) is 9.74. The fraction of sp³-hybridized carbons (Fsp3) is 0.0909. The number of aliphatic hydroxyl groups excluding tert-OH is 2. The molecule has 0 aliphatic rings. The normalized spacial score (nSPS) is 11.4. The van der Waals surface area contributed by atoms with Gasteiger partial charge in [-0.3, -0.25) is 19.0 Å². The van der Waals surface area contributed by atoms with E-state index >= 15 is 0 Å². The summed E-state index contributed by atoms with van der Waals surface area (Å²) in [6.07, 6.45) is 0. The lowest BCUT2D eigenvalue weighted by Crippen LogP contribution is -2.37. The van der Waals surface area contributed by atoms with Crippen molar-refractivity contribution in [3.63, 3.8) is 0 Å². The average molecular weight is 749 g/mol. The molecular formula is C44H36N4O4S2+2. The number of hydrogen-bond acceptors (Lipinski definition) is 6. The molecule has 54 heavy (non-hydrogen) atoms. The zero-order valence-corrected chi connectivity index (χ0v) is 30.8. The standard InChI is InChI=1S/C44H34N4O4S2/c49-25-31-21-27(43(51)45-53)17-19-29(31)23-47-37-13-5-1-9-33(37)41(34-10-2-6-14-38(34)47)42-35-11-3-7-15-39(35)48(40-16-8-4-12-36(40)42)24-30-20-18-28(44(52)46-54)22-32(30)26-50/h1-22,49-50H,23-26H2,(H2-2,45,46,51,52,53,54)/p+2. The highest BCUT2D eigenvalue weighted by atomic mass is 32.1. The van der Waals surface area contributed by atoms with Crippen molar-refractivity contribution in [2.75, 3.05) is 0 Å². The van der Waals surface area contributed by atoms with E-state index in [-0.39, 0.29) is 25.0 Å². The lowest BCUT2D eigenvalue weighted by molar-refractivity contribution is -0.636. The molecule has 4 N–H and O–H groups in total. The first-order valence-corrected chi connectivity index (χ1v) is 18.4. The van der Waals surface area contributed by atoms with E-state index in [1.807, 2.05) is 36.4 Å². The molecule has 6 aromatic carbocycles. The maximum Gasteiger partial charge on any atom is 0.260 e. The lowest BCUT2D eigenvalue weighted by atomic mass is 9.89. The number of hydrogen-bond donors (Lipinski definition) is 6. The number of carbonyl (C=O) groups is 2. The van der Waals surface area contributed by atoms with Crippen LogP contribution < -0.4 is 18.6 Å². The van der Waals surface area contributed by atoms with E-state index in [1.165, 1.54) is 0 Å². The Morgan fingerprint density at radius 3 is 1.07 bits per heavy atom. The molecule has 0 atom stereocenters. The smallest absolute Gasteiger partial charge is 0.260 e. The summed E-state index contributed by atoms with van der Waals surface area (Å²) in [6, 6.07) is 44.4. The minimum Gasteiger partial charge on any atom is -0.392 e. The van der Waals surface area contributed by atoms with Crippen LogP contribution in [0, 0.1) is 0 Å². The molecule has 0 spiro atoms. The maximum atomic E-state index is 12.3. The molecular weight excluding hydrogens is 713 g/mol. The van der Waals surface area contributed by atoms with Gasteiger partial charge in [-0.15, -0.1) is 0 Å². The van der Waals surface area contributed by atoms with Crippen molar-refractivity contribution in [3.8, 4) is 11.1 Å². The largest absolute Gasteiger partial charge is 0.392 e. The van der Waals surface area contributed by atoms with Gasteiger partial charge in [-0.25, -0.2) is 0 Å². The van der Waals surface area contributed by atoms with Crippen LogP contribution in [-0.2, 0) is 26.3 Å². The van der Waals surface area contributed by atoms with Crippen molar-refractivity contribution in [2.45, 2.75) is 26.3 Å². The van der Waals surface area contributed by atoms with Gasteiger partial charge in [0.25, 0.3) is 11.8 Å². The topological polar surface area (TPSA) is 106 Å². The summed E-state index contributed by atoms with van der Waals surface area (Å²) in [5.41, 5.74) is 10.3. The van der Waals surface area contributed by atoms with Gasteiger partial charge in [-0.1, -0.05) is 86.3 Å². The number of thiol groups is 2. The van der Waals surface area contributed by atoms with Crippen LogP contribution in [0.1, 0.15) is 43.0 Å². The summed E-state index contributed by atoms with van der Waals surface area (Å²) in [4.78, 5) is 24.7. The number of amides is 2. The number of pyridine rings is 2. The summed E-state index contributed by atoms with van der Waals surface area (Å²) in [6.45, 7) is 0.513. The number of nitrogens with one attached hydrogen (secondary N) is 2. The summed E-state index contributed by atoms with van der Waals surface area (Å²) in [7, 11) is 0. The molecule has 8 rings (SSSR count). The number of aromatic nitrogens is 2. The molecule has 8 nitrogen and oxygen atoms in total. The van der Waals surface area contributed by atoms with Crippen LogP contribution in [0.5, 0.6) is 0 Å². The van der Waals surface area contributed by atoms with Gasteiger partial charge in [-0.05, 0) is 59.7 Å². The number of carbonyl (C=O) groups excluding carboxylic acids is 2. The van der Waals surface area contributed by atoms with Gasteiger partial charge in [0.05, 0.1) is 34.8 Å². The van der Waals surface area contributed by atoms with Crippen molar-refractivity contribution in [1.82, 2.24) is 9.44 Å². The Bertz CT molecular complexity index is 2480. The molecule has 8 aromatic rings. The first-order chi connectivity index (χ1) is 26.4. The first-order valence-electron chi connectivity index (χ1n) is 17.5. The van der Waals surface area contributed by atoms with Crippen LogP contribution in [0.2, 0.25) is 0 Å². The fourth-order valence-corrected chi connectivity index (χ4v) is 7.98. The van der Waals surface area contributed by atoms with Gasteiger partial charge in [-0.2, -0.15) is 9.13 Å². The predicted molar refractivity (Wildman–Crippen MR) is 218 cm³/mol. The average Bonchev–Trinajstić information content (AvgIpc) is 3.23.